The van der Waals surface area contributed by atoms with Gasteiger partial charge in [-0.1, -0.05) is 153 Å². The largest absolute Gasteiger partial charge is 0.497 e. The van der Waals surface area contributed by atoms with E-state index in [1.54, 1.807) is 14.2 Å². The van der Waals surface area contributed by atoms with E-state index >= 15 is 0 Å². The van der Waals surface area contributed by atoms with Crippen LogP contribution in [0.3, 0.4) is 0 Å². The number of hydrogen-bond acceptors (Lipinski definition) is 2. The Balaban J connectivity index is 3.29. The molecule has 0 aliphatic carbocycles. The average molecular weight is 697 g/mol. The van der Waals surface area contributed by atoms with Crippen molar-refractivity contribution in [2.75, 3.05) is 14.2 Å². The van der Waals surface area contributed by atoms with E-state index < -0.39 is 27.0 Å². The molecule has 0 unspecified atom stereocenters. The second kappa shape index (κ2) is 16.9. The van der Waals surface area contributed by atoms with Gasteiger partial charge in [0.25, 0.3) is 0 Å². The maximum Gasteiger partial charge on any atom is 0.146 e. The fourth-order valence-electron chi connectivity index (χ4n) is 8.32. The zero-order valence-electron chi connectivity index (χ0n) is 34.4. The van der Waals surface area contributed by atoms with Crippen molar-refractivity contribution >= 4 is 16.1 Å². The third kappa shape index (κ3) is 8.89. The monoisotopic (exact) mass is 696 g/mol. The highest BCUT2D eigenvalue weighted by atomic mass is 28.3. The van der Waals surface area contributed by atoms with Crippen molar-refractivity contribution in [2.45, 2.75) is 155 Å². The summed E-state index contributed by atoms with van der Waals surface area (Å²) in [5.41, 5.74) is 18.8. The molecule has 0 N–H and O–H groups in total. The van der Waals surface area contributed by atoms with E-state index in [2.05, 4.69) is 188 Å². The van der Waals surface area contributed by atoms with Gasteiger partial charge in [-0.25, -0.2) is 0 Å². The second-order valence-electron chi connectivity index (χ2n) is 16.9. The van der Waals surface area contributed by atoms with Crippen molar-refractivity contribution < 1.29 is 9.47 Å². The maximum absolute atomic E-state index is 5.54. The maximum atomic E-state index is 5.54. The van der Waals surface area contributed by atoms with Crippen LogP contribution in [0.4, 0.5) is 0 Å². The molecule has 4 heteroatoms. The van der Waals surface area contributed by atoms with Gasteiger partial charge in [0.1, 0.15) is 27.6 Å². The SMILES string of the molecule is COc1ccc(C(C)(C)C(=C=C(C#C[Si](C(C)C)(C(C)C)C(C)C)C(C)(C)c2ccc(OC)cc2)C#C[Si](C(C)C)(C(C)C)C(C)C)cc1. The van der Waals surface area contributed by atoms with Crippen LogP contribution in [0.25, 0.3) is 0 Å². The minimum Gasteiger partial charge on any atom is -0.497 e. The Morgan fingerprint density at radius 2 is 0.714 bits per heavy atom. The lowest BCUT2D eigenvalue weighted by Crippen LogP contribution is -2.43. The Morgan fingerprint density at radius 3 is 0.918 bits per heavy atom. The van der Waals surface area contributed by atoms with E-state index in [0.29, 0.717) is 33.2 Å². The Hall–Kier alpha value is -2.89. The Labute approximate surface area is 304 Å². The minimum atomic E-state index is -2.04. The number of ether oxygens (including phenoxy) is 2. The predicted octanol–water partition coefficient (Wildman–Crippen LogP) is 12.9. The first-order chi connectivity index (χ1) is 22.7. The highest BCUT2D eigenvalue weighted by Gasteiger charge is 2.43. The molecule has 0 radical (unpaired) electrons. The van der Waals surface area contributed by atoms with Crippen LogP contribution in [0.15, 0.2) is 65.4 Å². The third-order valence-corrected chi connectivity index (χ3v) is 24.2. The average Bonchev–Trinajstić information content (AvgIpc) is 3.02. The number of allylic oxidation sites excluding steroid dienone is 1. The van der Waals surface area contributed by atoms with Gasteiger partial charge in [0.05, 0.1) is 25.4 Å². The van der Waals surface area contributed by atoms with Crippen LogP contribution in [-0.4, -0.2) is 30.4 Å². The topological polar surface area (TPSA) is 18.5 Å². The van der Waals surface area contributed by atoms with Gasteiger partial charge in [0.15, 0.2) is 0 Å². The molecule has 49 heavy (non-hydrogen) atoms. The molecule has 0 bridgehead atoms. The lowest BCUT2D eigenvalue weighted by atomic mass is 9.75. The van der Waals surface area contributed by atoms with E-state index in [9.17, 15) is 0 Å². The molecule has 2 aromatic carbocycles. The van der Waals surface area contributed by atoms with Crippen LogP contribution in [0.2, 0.25) is 33.2 Å². The molecule has 2 nitrogen and oxygen atoms in total. The van der Waals surface area contributed by atoms with Crippen molar-refractivity contribution in [3.05, 3.63) is 76.5 Å². The van der Waals surface area contributed by atoms with Crippen LogP contribution in [-0.2, 0) is 10.8 Å². The lowest BCUT2D eigenvalue weighted by molar-refractivity contribution is 0.414. The quantitative estimate of drug-likeness (QED) is 0.125. The summed E-state index contributed by atoms with van der Waals surface area (Å²) in [6, 6.07) is 16.9. The molecule has 0 saturated carbocycles. The summed E-state index contributed by atoms with van der Waals surface area (Å²) in [5, 5.41) is 0. The number of benzene rings is 2. The lowest BCUT2D eigenvalue weighted by Gasteiger charge is -2.38. The Morgan fingerprint density at radius 1 is 0.469 bits per heavy atom. The first kappa shape index (κ1) is 42.3. The summed E-state index contributed by atoms with van der Waals surface area (Å²) < 4.78 is 11.1. The van der Waals surface area contributed by atoms with Crippen LogP contribution < -0.4 is 9.47 Å². The zero-order valence-corrected chi connectivity index (χ0v) is 36.4. The first-order valence-corrected chi connectivity index (χ1v) is 23.0. The molecule has 0 aliphatic rings. The molecule has 0 amide bonds. The minimum absolute atomic E-state index is 0.421. The van der Waals surface area contributed by atoms with Gasteiger partial charge in [-0.05, 0) is 68.6 Å². The van der Waals surface area contributed by atoms with Crippen LogP contribution in [0.1, 0.15) is 122 Å². The molecule has 0 fully saturated rings. The van der Waals surface area contributed by atoms with Gasteiger partial charge >= 0.3 is 0 Å². The molecule has 0 heterocycles. The second-order valence-corrected chi connectivity index (χ2v) is 28.0. The highest BCUT2D eigenvalue weighted by Crippen LogP contribution is 2.43. The van der Waals surface area contributed by atoms with Gasteiger partial charge in [-0.3, -0.25) is 0 Å². The van der Waals surface area contributed by atoms with Crippen molar-refractivity contribution in [3.63, 3.8) is 0 Å². The van der Waals surface area contributed by atoms with E-state index in [-0.39, 0.29) is 0 Å². The smallest absolute Gasteiger partial charge is 0.146 e. The van der Waals surface area contributed by atoms with Gasteiger partial charge in [0.2, 0.25) is 0 Å². The van der Waals surface area contributed by atoms with Gasteiger partial charge in [0, 0.05) is 10.8 Å². The molecular formula is C45H68O2Si2. The van der Waals surface area contributed by atoms with Gasteiger partial charge < -0.3 is 9.47 Å². The van der Waals surface area contributed by atoms with Crippen LogP contribution in [0, 0.1) is 22.9 Å². The van der Waals surface area contributed by atoms with Crippen molar-refractivity contribution in [1.82, 2.24) is 0 Å². The molecule has 2 rings (SSSR count). The summed E-state index contributed by atoms with van der Waals surface area (Å²) in [5.74, 6) is 9.50. The van der Waals surface area contributed by atoms with E-state index in [1.165, 1.54) is 11.1 Å². The van der Waals surface area contributed by atoms with E-state index in [1.807, 2.05) is 0 Å². The first-order valence-electron chi connectivity index (χ1n) is 18.5. The Bertz CT molecular complexity index is 1410. The summed E-state index contributed by atoms with van der Waals surface area (Å²) >= 11 is 0. The van der Waals surface area contributed by atoms with Crippen LogP contribution >= 0.6 is 0 Å². The molecule has 268 valence electrons. The fourth-order valence-corrected chi connectivity index (χ4v) is 18.7. The van der Waals surface area contributed by atoms with Crippen molar-refractivity contribution in [3.8, 4) is 34.4 Å². The van der Waals surface area contributed by atoms with Gasteiger partial charge in [-0.15, -0.1) is 11.1 Å². The molecule has 0 saturated heterocycles. The summed E-state index contributed by atoms with van der Waals surface area (Å²) in [4.78, 5) is 0. The number of rotatable bonds is 12. The highest BCUT2D eigenvalue weighted by molar-refractivity contribution is 6.91. The molecule has 2 aromatic rings. The fraction of sp³-hybridized carbons (Fsp3) is 0.578. The van der Waals surface area contributed by atoms with Crippen molar-refractivity contribution in [2.24, 2.45) is 0 Å². The molecule has 0 spiro atoms. The molecule has 0 aliphatic heterocycles. The summed E-state index contributed by atoms with van der Waals surface area (Å²) in [6.07, 6.45) is 0. The summed E-state index contributed by atoms with van der Waals surface area (Å²) in [7, 11) is -0.653. The summed E-state index contributed by atoms with van der Waals surface area (Å²) in [6.45, 7) is 37.7. The van der Waals surface area contributed by atoms with Crippen molar-refractivity contribution in [1.29, 1.82) is 0 Å². The van der Waals surface area contributed by atoms with E-state index in [4.69, 9.17) is 9.47 Å². The number of methoxy groups -OCH3 is 2. The molecule has 0 atom stereocenters. The van der Waals surface area contributed by atoms with Crippen LogP contribution in [0.5, 0.6) is 11.5 Å². The van der Waals surface area contributed by atoms with Gasteiger partial charge in [-0.2, -0.15) is 0 Å². The Kier molecular flexibility index (Phi) is 14.6. The standard InChI is InChI=1S/C45H68O2Si2/c1-32(2)48(33(3)4,34(5)6)29-27-40(44(13,14)38-19-23-42(46-17)24-20-38)31-41(28-30-49(35(7)8,36(9)10)37(11)12)45(15,16)39-21-25-43(47-18)26-22-39/h19-26,32-37H,1-18H3. The third-order valence-electron chi connectivity index (χ3n) is 11.7. The molecular weight excluding hydrogens is 629 g/mol. The normalized spacial score (nSPS) is 12.6. The zero-order chi connectivity index (χ0) is 37.5. The predicted molar refractivity (Wildman–Crippen MR) is 220 cm³/mol. The molecule has 0 aromatic heterocycles. The number of hydrogen-bond donors (Lipinski definition) is 0. The van der Waals surface area contributed by atoms with E-state index in [0.717, 1.165) is 22.6 Å².